The van der Waals surface area contributed by atoms with Gasteiger partial charge in [0.1, 0.15) is 0 Å². The normalized spacial score (nSPS) is 19.0. The fourth-order valence-electron chi connectivity index (χ4n) is 4.36. The summed E-state index contributed by atoms with van der Waals surface area (Å²) in [6.45, 7) is 6.96. The molecule has 0 heterocycles. The van der Waals surface area contributed by atoms with Gasteiger partial charge in [0.15, 0.2) is 0 Å². The zero-order valence-corrected chi connectivity index (χ0v) is 14.1. The highest BCUT2D eigenvalue weighted by Crippen LogP contribution is 2.39. The molecule has 1 unspecified atom stereocenters. The average molecular weight is 288 g/mol. The van der Waals surface area contributed by atoms with Crippen molar-refractivity contribution in [3.05, 3.63) is 35.9 Å². The summed E-state index contributed by atoms with van der Waals surface area (Å²) in [7, 11) is 2.15. The zero-order chi connectivity index (χ0) is 15.1. The topological polar surface area (TPSA) is 15.3 Å². The van der Waals surface area contributed by atoms with Crippen LogP contribution in [0.5, 0.6) is 0 Å². The van der Waals surface area contributed by atoms with E-state index in [2.05, 4.69) is 61.4 Å². The van der Waals surface area contributed by atoms with Gasteiger partial charge in [0.05, 0.1) is 0 Å². The third kappa shape index (κ3) is 3.67. The first-order valence-electron chi connectivity index (χ1n) is 8.73. The van der Waals surface area contributed by atoms with Crippen molar-refractivity contribution >= 4 is 0 Å². The van der Waals surface area contributed by atoms with Crippen molar-refractivity contribution in [1.29, 1.82) is 0 Å². The first kappa shape index (κ1) is 16.5. The van der Waals surface area contributed by atoms with Crippen molar-refractivity contribution < 1.29 is 0 Å². The highest BCUT2D eigenvalue weighted by atomic mass is 15.2. The van der Waals surface area contributed by atoms with Crippen molar-refractivity contribution in [3.8, 4) is 0 Å². The number of hydrogen-bond acceptors (Lipinski definition) is 2. The third-order valence-corrected chi connectivity index (χ3v) is 5.42. The van der Waals surface area contributed by atoms with Gasteiger partial charge >= 0.3 is 0 Å². The first-order valence-corrected chi connectivity index (χ1v) is 8.73. The molecule has 0 aliphatic heterocycles. The van der Waals surface area contributed by atoms with Gasteiger partial charge in [-0.05, 0) is 51.4 Å². The van der Waals surface area contributed by atoms with E-state index in [1.165, 1.54) is 57.2 Å². The Labute approximate surface area is 130 Å². The Kier molecular flexibility index (Phi) is 6.25. The summed E-state index contributed by atoms with van der Waals surface area (Å²) in [5.41, 5.74) is 1.85. The summed E-state index contributed by atoms with van der Waals surface area (Å²) >= 11 is 0. The minimum atomic E-state index is 0.382. The van der Waals surface area contributed by atoms with Crippen LogP contribution in [0.1, 0.15) is 51.5 Å². The van der Waals surface area contributed by atoms with Crippen LogP contribution < -0.4 is 5.32 Å². The SMILES string of the molecule is CCN(CC)C1(C(CCc2ccccc2)NC)CCCC1. The van der Waals surface area contributed by atoms with Crippen molar-refractivity contribution in [1.82, 2.24) is 10.2 Å². The standard InChI is InChI=1S/C19H32N2/c1-4-21(5-2)19(15-9-10-16-19)18(20-3)14-13-17-11-7-6-8-12-17/h6-8,11-12,18,20H,4-5,9-10,13-16H2,1-3H3. The molecule has 2 heteroatoms. The fraction of sp³-hybridized carbons (Fsp3) is 0.684. The van der Waals surface area contributed by atoms with Gasteiger partial charge in [0.2, 0.25) is 0 Å². The van der Waals surface area contributed by atoms with E-state index in [0.29, 0.717) is 11.6 Å². The lowest BCUT2D eigenvalue weighted by Gasteiger charge is -2.46. The predicted molar refractivity (Wildman–Crippen MR) is 91.7 cm³/mol. The summed E-state index contributed by atoms with van der Waals surface area (Å²) < 4.78 is 0. The maximum Gasteiger partial charge on any atom is 0.0362 e. The maximum absolute atomic E-state index is 3.66. The van der Waals surface area contributed by atoms with Crippen LogP contribution in [0.3, 0.4) is 0 Å². The highest BCUT2D eigenvalue weighted by Gasteiger charge is 2.43. The van der Waals surface area contributed by atoms with Gasteiger partial charge in [-0.1, -0.05) is 57.0 Å². The summed E-state index contributed by atoms with van der Waals surface area (Å²) in [6.07, 6.45) is 7.90. The lowest BCUT2D eigenvalue weighted by Crippen LogP contribution is -2.59. The Morgan fingerprint density at radius 2 is 1.71 bits per heavy atom. The number of nitrogens with zero attached hydrogens (tertiary/aromatic N) is 1. The number of nitrogens with one attached hydrogen (secondary N) is 1. The van der Waals surface area contributed by atoms with E-state index < -0.39 is 0 Å². The van der Waals surface area contributed by atoms with Gasteiger partial charge < -0.3 is 5.32 Å². The molecule has 0 saturated heterocycles. The lowest BCUT2D eigenvalue weighted by molar-refractivity contribution is 0.0627. The summed E-state index contributed by atoms with van der Waals surface area (Å²) in [5.74, 6) is 0. The molecule has 0 bridgehead atoms. The molecule has 2 rings (SSSR count). The summed E-state index contributed by atoms with van der Waals surface area (Å²) in [6, 6.07) is 11.5. The van der Waals surface area contributed by atoms with Gasteiger partial charge in [0.25, 0.3) is 0 Å². The molecule has 1 saturated carbocycles. The van der Waals surface area contributed by atoms with E-state index in [-0.39, 0.29) is 0 Å². The van der Waals surface area contributed by atoms with Crippen LogP contribution in [0.4, 0.5) is 0 Å². The molecule has 1 aliphatic carbocycles. The van der Waals surface area contributed by atoms with Crippen LogP contribution in [-0.2, 0) is 6.42 Å². The maximum atomic E-state index is 3.66. The molecule has 1 aromatic carbocycles. The van der Waals surface area contributed by atoms with Crippen LogP contribution in [0.25, 0.3) is 0 Å². The van der Waals surface area contributed by atoms with Crippen molar-refractivity contribution in [2.45, 2.75) is 64.0 Å². The number of benzene rings is 1. The zero-order valence-electron chi connectivity index (χ0n) is 14.1. The van der Waals surface area contributed by atoms with Gasteiger partial charge in [-0.25, -0.2) is 0 Å². The van der Waals surface area contributed by atoms with Gasteiger partial charge in [-0.15, -0.1) is 0 Å². The largest absolute Gasteiger partial charge is 0.315 e. The minimum Gasteiger partial charge on any atom is -0.315 e. The Morgan fingerprint density at radius 3 is 2.24 bits per heavy atom. The summed E-state index contributed by atoms with van der Waals surface area (Å²) in [4.78, 5) is 2.71. The molecule has 0 spiro atoms. The minimum absolute atomic E-state index is 0.382. The first-order chi connectivity index (χ1) is 10.3. The molecule has 0 aromatic heterocycles. The van der Waals surface area contributed by atoms with E-state index in [4.69, 9.17) is 0 Å². The van der Waals surface area contributed by atoms with Gasteiger partial charge in [0, 0.05) is 11.6 Å². The molecule has 1 aliphatic rings. The van der Waals surface area contributed by atoms with Crippen molar-refractivity contribution in [2.75, 3.05) is 20.1 Å². The van der Waals surface area contributed by atoms with Gasteiger partial charge in [-0.2, -0.15) is 0 Å². The van der Waals surface area contributed by atoms with Crippen LogP contribution in [0.2, 0.25) is 0 Å². The molecule has 1 N–H and O–H groups in total. The van der Waals surface area contributed by atoms with Crippen LogP contribution in [0.15, 0.2) is 30.3 Å². The Morgan fingerprint density at radius 1 is 1.10 bits per heavy atom. The molecule has 118 valence electrons. The number of hydrogen-bond donors (Lipinski definition) is 1. The molecule has 2 nitrogen and oxygen atoms in total. The third-order valence-electron chi connectivity index (χ3n) is 5.42. The van der Waals surface area contributed by atoms with E-state index in [9.17, 15) is 0 Å². The smallest absolute Gasteiger partial charge is 0.0362 e. The molecular formula is C19H32N2. The van der Waals surface area contributed by atoms with Crippen molar-refractivity contribution in [3.63, 3.8) is 0 Å². The quantitative estimate of drug-likeness (QED) is 0.781. The molecule has 0 amide bonds. The number of rotatable bonds is 8. The highest BCUT2D eigenvalue weighted by molar-refractivity contribution is 5.15. The fourth-order valence-corrected chi connectivity index (χ4v) is 4.36. The van der Waals surface area contributed by atoms with E-state index in [0.717, 1.165) is 0 Å². The van der Waals surface area contributed by atoms with Crippen molar-refractivity contribution in [2.24, 2.45) is 0 Å². The molecular weight excluding hydrogens is 256 g/mol. The molecule has 1 aromatic rings. The molecule has 0 radical (unpaired) electrons. The van der Waals surface area contributed by atoms with E-state index in [1.54, 1.807) is 0 Å². The second kappa shape index (κ2) is 7.95. The summed E-state index contributed by atoms with van der Waals surface area (Å²) in [5, 5.41) is 3.66. The van der Waals surface area contributed by atoms with E-state index in [1.807, 2.05) is 0 Å². The molecule has 1 atom stereocenters. The predicted octanol–water partition coefficient (Wildman–Crippen LogP) is 3.86. The average Bonchev–Trinajstić information content (AvgIpc) is 3.01. The molecule has 21 heavy (non-hydrogen) atoms. The Hall–Kier alpha value is -0.860. The monoisotopic (exact) mass is 288 g/mol. The number of aryl methyl sites for hydroxylation is 1. The van der Waals surface area contributed by atoms with Crippen LogP contribution >= 0.6 is 0 Å². The number of likely N-dealkylation sites (N-methyl/N-ethyl adjacent to an activating group) is 2. The second-order valence-corrected chi connectivity index (χ2v) is 6.35. The Balaban J connectivity index is 2.09. The Bertz CT molecular complexity index is 391. The van der Waals surface area contributed by atoms with Crippen LogP contribution in [-0.4, -0.2) is 36.6 Å². The lowest BCUT2D eigenvalue weighted by atomic mass is 9.82. The van der Waals surface area contributed by atoms with E-state index >= 15 is 0 Å². The van der Waals surface area contributed by atoms with Crippen LogP contribution in [0, 0.1) is 0 Å². The van der Waals surface area contributed by atoms with Gasteiger partial charge in [-0.3, -0.25) is 4.90 Å². The molecule has 1 fully saturated rings. The second-order valence-electron chi connectivity index (χ2n) is 6.35.